The maximum atomic E-state index is 13.0. The van der Waals surface area contributed by atoms with Crippen molar-refractivity contribution in [1.29, 1.82) is 0 Å². The molecule has 102 valence electrons. The molecular formula is C14H20Cl2FN. The molecule has 1 unspecified atom stereocenters. The van der Waals surface area contributed by atoms with Crippen LogP contribution in [0, 0.1) is 11.7 Å². The SMILES string of the molecule is CCCCC(CC)CNc1c(Cl)cc(F)cc1Cl. The Morgan fingerprint density at radius 3 is 2.33 bits per heavy atom. The van der Waals surface area contributed by atoms with Crippen LogP contribution in [-0.2, 0) is 0 Å². The summed E-state index contributed by atoms with van der Waals surface area (Å²) in [6.45, 7) is 5.19. The molecule has 1 N–H and O–H groups in total. The molecular weight excluding hydrogens is 272 g/mol. The van der Waals surface area contributed by atoms with Gasteiger partial charge in [0.05, 0.1) is 15.7 Å². The number of anilines is 1. The molecule has 0 fully saturated rings. The minimum absolute atomic E-state index is 0.338. The standard InChI is InChI=1S/C14H20Cl2FN/c1-3-5-6-10(4-2)9-18-14-12(15)7-11(17)8-13(14)16/h7-8,10,18H,3-6,9H2,1-2H3. The van der Waals surface area contributed by atoms with Gasteiger partial charge in [-0.2, -0.15) is 0 Å². The predicted octanol–water partition coefficient (Wildman–Crippen LogP) is 5.76. The second-order valence-electron chi connectivity index (χ2n) is 4.54. The average molecular weight is 292 g/mol. The van der Waals surface area contributed by atoms with E-state index in [2.05, 4.69) is 19.2 Å². The Kier molecular flexibility index (Phi) is 6.80. The zero-order chi connectivity index (χ0) is 13.5. The lowest BCUT2D eigenvalue weighted by Crippen LogP contribution is -2.14. The summed E-state index contributed by atoms with van der Waals surface area (Å²) in [6.07, 6.45) is 4.74. The van der Waals surface area contributed by atoms with Crippen LogP contribution in [0.15, 0.2) is 12.1 Å². The summed E-state index contributed by atoms with van der Waals surface area (Å²) in [5.74, 6) is 0.190. The van der Waals surface area contributed by atoms with Crippen molar-refractivity contribution < 1.29 is 4.39 Å². The van der Waals surface area contributed by atoms with Gasteiger partial charge < -0.3 is 5.32 Å². The Labute approximate surface area is 119 Å². The van der Waals surface area contributed by atoms with Crippen LogP contribution in [0.5, 0.6) is 0 Å². The van der Waals surface area contributed by atoms with Gasteiger partial charge >= 0.3 is 0 Å². The van der Waals surface area contributed by atoms with Gasteiger partial charge in [0.2, 0.25) is 0 Å². The number of hydrogen-bond donors (Lipinski definition) is 1. The number of rotatable bonds is 7. The summed E-state index contributed by atoms with van der Waals surface area (Å²) in [6, 6.07) is 2.56. The molecule has 1 atom stereocenters. The molecule has 0 aliphatic heterocycles. The Morgan fingerprint density at radius 2 is 1.83 bits per heavy atom. The highest BCUT2D eigenvalue weighted by Crippen LogP contribution is 2.31. The summed E-state index contributed by atoms with van der Waals surface area (Å²) >= 11 is 12.0. The second-order valence-corrected chi connectivity index (χ2v) is 5.36. The molecule has 4 heteroatoms. The Hall–Kier alpha value is -0.470. The van der Waals surface area contributed by atoms with Gasteiger partial charge in [-0.3, -0.25) is 0 Å². The lowest BCUT2D eigenvalue weighted by molar-refractivity contribution is 0.473. The maximum absolute atomic E-state index is 13.0. The van der Waals surface area contributed by atoms with Crippen molar-refractivity contribution in [2.75, 3.05) is 11.9 Å². The van der Waals surface area contributed by atoms with Gasteiger partial charge in [0, 0.05) is 6.54 Å². The first-order valence-electron chi connectivity index (χ1n) is 6.46. The fourth-order valence-corrected chi connectivity index (χ4v) is 2.49. The van der Waals surface area contributed by atoms with E-state index >= 15 is 0 Å². The number of nitrogens with one attached hydrogen (secondary N) is 1. The van der Waals surface area contributed by atoms with Gasteiger partial charge in [-0.05, 0) is 24.5 Å². The monoisotopic (exact) mass is 291 g/mol. The van der Waals surface area contributed by atoms with Crippen molar-refractivity contribution in [3.63, 3.8) is 0 Å². The number of halogens is 3. The van der Waals surface area contributed by atoms with Crippen molar-refractivity contribution in [2.24, 2.45) is 5.92 Å². The maximum Gasteiger partial charge on any atom is 0.126 e. The van der Waals surface area contributed by atoms with Crippen molar-refractivity contribution in [2.45, 2.75) is 39.5 Å². The zero-order valence-corrected chi connectivity index (χ0v) is 12.4. The molecule has 0 amide bonds. The van der Waals surface area contributed by atoms with Crippen LogP contribution in [0.4, 0.5) is 10.1 Å². The van der Waals surface area contributed by atoms with E-state index in [-0.39, 0.29) is 0 Å². The largest absolute Gasteiger partial charge is 0.382 e. The van der Waals surface area contributed by atoms with E-state index in [4.69, 9.17) is 23.2 Å². The summed E-state index contributed by atoms with van der Waals surface area (Å²) in [4.78, 5) is 0. The molecule has 0 aromatic heterocycles. The summed E-state index contributed by atoms with van der Waals surface area (Å²) in [7, 11) is 0. The lowest BCUT2D eigenvalue weighted by Gasteiger charge is -2.17. The third kappa shape index (κ3) is 4.66. The van der Waals surface area contributed by atoms with E-state index in [0.29, 0.717) is 21.7 Å². The van der Waals surface area contributed by atoms with Crippen LogP contribution >= 0.6 is 23.2 Å². The number of hydrogen-bond acceptors (Lipinski definition) is 1. The fraction of sp³-hybridized carbons (Fsp3) is 0.571. The zero-order valence-electron chi connectivity index (χ0n) is 10.9. The van der Waals surface area contributed by atoms with Crippen LogP contribution in [0.25, 0.3) is 0 Å². The molecule has 18 heavy (non-hydrogen) atoms. The Morgan fingerprint density at radius 1 is 1.22 bits per heavy atom. The topological polar surface area (TPSA) is 12.0 Å². The van der Waals surface area contributed by atoms with Gasteiger partial charge in [-0.25, -0.2) is 4.39 Å². The van der Waals surface area contributed by atoms with E-state index in [1.165, 1.54) is 31.4 Å². The molecule has 0 aliphatic rings. The average Bonchev–Trinajstić information content (AvgIpc) is 2.31. The van der Waals surface area contributed by atoms with Crippen LogP contribution in [0.3, 0.4) is 0 Å². The smallest absolute Gasteiger partial charge is 0.126 e. The molecule has 0 saturated carbocycles. The molecule has 0 radical (unpaired) electrons. The first-order valence-corrected chi connectivity index (χ1v) is 7.22. The molecule has 1 nitrogen and oxygen atoms in total. The summed E-state index contributed by atoms with van der Waals surface area (Å²) in [5.41, 5.74) is 0.634. The van der Waals surface area contributed by atoms with E-state index in [1.807, 2.05) is 0 Å². The first-order chi connectivity index (χ1) is 8.58. The van der Waals surface area contributed by atoms with Crippen LogP contribution < -0.4 is 5.32 Å². The van der Waals surface area contributed by atoms with Gasteiger partial charge in [-0.15, -0.1) is 0 Å². The van der Waals surface area contributed by atoms with E-state index < -0.39 is 5.82 Å². The normalized spacial score (nSPS) is 12.5. The quantitative estimate of drug-likeness (QED) is 0.673. The molecule has 0 spiro atoms. The predicted molar refractivity (Wildman–Crippen MR) is 78.2 cm³/mol. The first kappa shape index (κ1) is 15.6. The molecule has 0 bridgehead atoms. The summed E-state index contributed by atoms with van der Waals surface area (Å²) in [5, 5.41) is 3.91. The number of benzene rings is 1. The molecule has 0 heterocycles. The van der Waals surface area contributed by atoms with Crippen LogP contribution in [0.2, 0.25) is 10.0 Å². The molecule has 1 rings (SSSR count). The second kappa shape index (κ2) is 7.85. The van der Waals surface area contributed by atoms with Crippen molar-refractivity contribution in [3.8, 4) is 0 Å². The number of unbranched alkanes of at least 4 members (excludes halogenated alkanes) is 1. The Bertz CT molecular complexity index is 359. The molecule has 0 aliphatic carbocycles. The minimum atomic E-state index is -0.409. The van der Waals surface area contributed by atoms with Crippen molar-refractivity contribution in [1.82, 2.24) is 0 Å². The lowest BCUT2D eigenvalue weighted by atomic mass is 9.99. The highest BCUT2D eigenvalue weighted by atomic mass is 35.5. The van der Waals surface area contributed by atoms with Crippen molar-refractivity contribution in [3.05, 3.63) is 28.0 Å². The van der Waals surface area contributed by atoms with Crippen LogP contribution in [-0.4, -0.2) is 6.54 Å². The summed E-state index contributed by atoms with van der Waals surface area (Å²) < 4.78 is 13.0. The fourth-order valence-electron chi connectivity index (χ4n) is 1.90. The molecule has 1 aromatic rings. The van der Waals surface area contributed by atoms with E-state index in [1.54, 1.807) is 0 Å². The van der Waals surface area contributed by atoms with E-state index in [0.717, 1.165) is 13.0 Å². The van der Waals surface area contributed by atoms with Gasteiger partial charge in [0.15, 0.2) is 0 Å². The van der Waals surface area contributed by atoms with Gasteiger partial charge in [-0.1, -0.05) is 56.3 Å². The molecule has 1 aromatic carbocycles. The van der Waals surface area contributed by atoms with Gasteiger partial charge in [0.1, 0.15) is 5.82 Å². The highest BCUT2D eigenvalue weighted by Gasteiger charge is 2.11. The minimum Gasteiger partial charge on any atom is -0.382 e. The van der Waals surface area contributed by atoms with E-state index in [9.17, 15) is 4.39 Å². The third-order valence-corrected chi connectivity index (χ3v) is 3.71. The van der Waals surface area contributed by atoms with Gasteiger partial charge in [0.25, 0.3) is 0 Å². The van der Waals surface area contributed by atoms with Crippen molar-refractivity contribution >= 4 is 28.9 Å². The molecule has 0 saturated heterocycles. The van der Waals surface area contributed by atoms with Crippen LogP contribution in [0.1, 0.15) is 39.5 Å². The highest BCUT2D eigenvalue weighted by molar-refractivity contribution is 6.39. The Balaban J connectivity index is 2.62. The third-order valence-electron chi connectivity index (χ3n) is 3.12.